The maximum absolute atomic E-state index is 5.94. The van der Waals surface area contributed by atoms with Gasteiger partial charge >= 0.3 is 0 Å². The molecule has 4 rings (SSSR count). The average molecular weight is 523 g/mol. The lowest BCUT2D eigenvalue weighted by Gasteiger charge is -2.11. The largest absolute Gasteiger partial charge is 0.493 e. The minimum Gasteiger partial charge on any atom is -0.493 e. The van der Waals surface area contributed by atoms with Gasteiger partial charge in [0.15, 0.2) is 17.3 Å². The summed E-state index contributed by atoms with van der Waals surface area (Å²) in [6, 6.07) is 24.0. The summed E-state index contributed by atoms with van der Waals surface area (Å²) in [5.74, 6) is 2.84. The van der Waals surface area contributed by atoms with Crippen LogP contribution >= 0.6 is 27.7 Å². The molecule has 0 unspecified atom stereocenters. The van der Waals surface area contributed by atoms with Crippen molar-refractivity contribution < 1.29 is 9.47 Å². The van der Waals surface area contributed by atoms with E-state index in [4.69, 9.17) is 9.47 Å². The zero-order valence-electron chi connectivity index (χ0n) is 18.3. The second-order valence-corrected chi connectivity index (χ2v) is 9.04. The van der Waals surface area contributed by atoms with Crippen molar-refractivity contribution in [2.75, 3.05) is 7.11 Å². The molecule has 0 saturated carbocycles. The smallest absolute Gasteiger partial charge is 0.212 e. The van der Waals surface area contributed by atoms with Crippen LogP contribution in [0.2, 0.25) is 0 Å². The fourth-order valence-corrected chi connectivity index (χ4v) is 4.19. The van der Waals surface area contributed by atoms with Gasteiger partial charge in [0.25, 0.3) is 0 Å². The van der Waals surface area contributed by atoms with Crippen molar-refractivity contribution in [3.05, 3.63) is 99.8 Å². The van der Waals surface area contributed by atoms with Gasteiger partial charge in [-0.15, -0.1) is 10.2 Å². The minimum absolute atomic E-state index is 0.476. The highest BCUT2D eigenvalue weighted by Crippen LogP contribution is 2.29. The topological polar surface area (TPSA) is 61.5 Å². The number of ether oxygens (including phenoxy) is 2. The first-order valence-corrected chi connectivity index (χ1v) is 12.1. The van der Waals surface area contributed by atoms with Gasteiger partial charge in [0.05, 0.1) is 13.3 Å². The molecule has 0 aliphatic rings. The normalized spacial score (nSPS) is 11.1. The van der Waals surface area contributed by atoms with Crippen LogP contribution in [0.4, 0.5) is 0 Å². The molecule has 4 aromatic rings. The molecule has 0 N–H and O–H groups in total. The molecule has 0 aliphatic heterocycles. The van der Waals surface area contributed by atoms with Crippen LogP contribution < -0.4 is 9.47 Å². The van der Waals surface area contributed by atoms with Crippen LogP contribution in [-0.4, -0.2) is 28.2 Å². The summed E-state index contributed by atoms with van der Waals surface area (Å²) in [6.07, 6.45) is 1.77. The van der Waals surface area contributed by atoms with E-state index in [0.29, 0.717) is 18.1 Å². The number of hydrogen-bond donors (Lipinski definition) is 0. The number of rotatable bonds is 9. The molecule has 0 bridgehead atoms. The molecule has 0 atom stereocenters. The van der Waals surface area contributed by atoms with Gasteiger partial charge in [-0.2, -0.15) is 9.78 Å². The Balaban J connectivity index is 1.45. The lowest BCUT2D eigenvalue weighted by atomic mass is 10.2. The van der Waals surface area contributed by atoms with Crippen molar-refractivity contribution in [2.24, 2.45) is 5.10 Å². The molecule has 6 nitrogen and oxygen atoms in total. The van der Waals surface area contributed by atoms with Gasteiger partial charge in [0, 0.05) is 10.2 Å². The van der Waals surface area contributed by atoms with Crippen molar-refractivity contribution in [3.63, 3.8) is 0 Å². The zero-order chi connectivity index (χ0) is 23.0. The molecule has 0 aliphatic carbocycles. The molecular formula is C25H23BrN4O2S. The minimum atomic E-state index is 0.476. The van der Waals surface area contributed by atoms with Crippen LogP contribution in [0.15, 0.2) is 87.5 Å². The Morgan fingerprint density at radius 1 is 0.970 bits per heavy atom. The Morgan fingerprint density at radius 3 is 2.52 bits per heavy atom. The van der Waals surface area contributed by atoms with Gasteiger partial charge in [-0.1, -0.05) is 70.2 Å². The summed E-state index contributed by atoms with van der Waals surface area (Å²) in [5, 5.41) is 13.8. The van der Waals surface area contributed by atoms with E-state index in [1.807, 2.05) is 67.6 Å². The van der Waals surface area contributed by atoms with E-state index in [1.165, 1.54) is 5.56 Å². The van der Waals surface area contributed by atoms with Crippen molar-refractivity contribution in [1.29, 1.82) is 0 Å². The second kappa shape index (κ2) is 11.2. The lowest BCUT2D eigenvalue weighted by molar-refractivity contribution is 0.284. The molecule has 1 heterocycles. The Labute approximate surface area is 205 Å². The number of hydrogen-bond acceptors (Lipinski definition) is 6. The van der Waals surface area contributed by atoms with Crippen molar-refractivity contribution in [2.45, 2.75) is 24.4 Å². The Hall–Kier alpha value is -3.10. The third-order valence-electron chi connectivity index (χ3n) is 4.80. The molecule has 8 heteroatoms. The quantitative estimate of drug-likeness (QED) is 0.196. The Kier molecular flexibility index (Phi) is 7.80. The number of aryl methyl sites for hydroxylation is 1. The van der Waals surface area contributed by atoms with E-state index in [-0.39, 0.29) is 0 Å². The summed E-state index contributed by atoms with van der Waals surface area (Å²) in [5.41, 5.74) is 3.19. The predicted molar refractivity (Wildman–Crippen MR) is 135 cm³/mol. The van der Waals surface area contributed by atoms with Gasteiger partial charge in [-0.25, -0.2) is 0 Å². The van der Waals surface area contributed by atoms with E-state index in [1.54, 1.807) is 29.8 Å². The number of aromatic nitrogens is 3. The van der Waals surface area contributed by atoms with Gasteiger partial charge in [-0.05, 0) is 53.9 Å². The van der Waals surface area contributed by atoms with Gasteiger partial charge in [0.2, 0.25) is 5.16 Å². The van der Waals surface area contributed by atoms with Crippen LogP contribution in [0.5, 0.6) is 11.5 Å². The van der Waals surface area contributed by atoms with Crippen molar-refractivity contribution in [1.82, 2.24) is 14.9 Å². The summed E-state index contributed by atoms with van der Waals surface area (Å²) in [6.45, 7) is 2.36. The van der Waals surface area contributed by atoms with Gasteiger partial charge in [-0.3, -0.25) is 0 Å². The highest BCUT2D eigenvalue weighted by molar-refractivity contribution is 9.10. The standard InChI is InChI=1S/C25H23BrN4O2S/c1-18-28-29-25(33-17-20-8-11-22(26)12-9-20)30(18)27-15-21-10-13-23(24(14-21)31-2)32-16-19-6-4-3-5-7-19/h3-15H,16-17H2,1-2H3/b27-15+. The molecular weight excluding hydrogens is 500 g/mol. The van der Waals surface area contributed by atoms with E-state index in [0.717, 1.165) is 32.3 Å². The van der Waals surface area contributed by atoms with Crippen LogP contribution in [-0.2, 0) is 12.4 Å². The molecule has 0 amide bonds. The van der Waals surface area contributed by atoms with Gasteiger partial charge < -0.3 is 9.47 Å². The van der Waals surface area contributed by atoms with Crippen LogP contribution in [0.3, 0.4) is 0 Å². The maximum atomic E-state index is 5.94. The Morgan fingerprint density at radius 2 is 1.76 bits per heavy atom. The molecule has 0 spiro atoms. The third kappa shape index (κ3) is 6.24. The monoisotopic (exact) mass is 522 g/mol. The van der Waals surface area contributed by atoms with E-state index >= 15 is 0 Å². The third-order valence-corrected chi connectivity index (χ3v) is 6.32. The first-order valence-electron chi connectivity index (χ1n) is 10.3. The maximum Gasteiger partial charge on any atom is 0.212 e. The fraction of sp³-hybridized carbons (Fsp3) is 0.160. The van der Waals surface area contributed by atoms with E-state index < -0.39 is 0 Å². The number of benzene rings is 3. The summed E-state index contributed by atoms with van der Waals surface area (Å²) in [4.78, 5) is 0. The molecule has 0 saturated heterocycles. The Bertz CT molecular complexity index is 1230. The second-order valence-electron chi connectivity index (χ2n) is 7.19. The first-order chi connectivity index (χ1) is 16.1. The molecule has 1 aromatic heterocycles. The number of methoxy groups -OCH3 is 1. The SMILES string of the molecule is COc1cc(/C=N/n2c(C)nnc2SCc2ccc(Br)cc2)ccc1OCc1ccccc1. The number of thioether (sulfide) groups is 1. The summed E-state index contributed by atoms with van der Waals surface area (Å²) in [7, 11) is 1.63. The van der Waals surface area contributed by atoms with E-state index in [9.17, 15) is 0 Å². The fourth-order valence-electron chi connectivity index (χ4n) is 3.03. The number of nitrogens with zero attached hydrogens (tertiary/aromatic N) is 4. The van der Waals surface area contributed by atoms with Crippen molar-refractivity contribution >= 4 is 33.9 Å². The van der Waals surface area contributed by atoms with Gasteiger partial charge in [0.1, 0.15) is 6.61 Å². The zero-order valence-corrected chi connectivity index (χ0v) is 20.7. The van der Waals surface area contributed by atoms with Crippen LogP contribution in [0.1, 0.15) is 22.5 Å². The van der Waals surface area contributed by atoms with Crippen molar-refractivity contribution in [3.8, 4) is 11.5 Å². The molecule has 3 aromatic carbocycles. The van der Waals surface area contributed by atoms with Crippen LogP contribution in [0.25, 0.3) is 0 Å². The molecule has 0 fully saturated rings. The highest BCUT2D eigenvalue weighted by Gasteiger charge is 2.10. The summed E-state index contributed by atoms with van der Waals surface area (Å²) < 4.78 is 14.3. The first kappa shape index (κ1) is 23.1. The average Bonchev–Trinajstić information content (AvgIpc) is 3.21. The van der Waals surface area contributed by atoms with E-state index in [2.05, 4.69) is 43.4 Å². The predicted octanol–water partition coefficient (Wildman–Crippen LogP) is 6.11. The highest BCUT2D eigenvalue weighted by atomic mass is 79.9. The summed E-state index contributed by atoms with van der Waals surface area (Å²) >= 11 is 5.06. The number of halogens is 1. The molecule has 168 valence electrons. The lowest BCUT2D eigenvalue weighted by Crippen LogP contribution is -1.99. The molecule has 33 heavy (non-hydrogen) atoms. The molecule has 0 radical (unpaired) electrons. The van der Waals surface area contributed by atoms with Crippen LogP contribution in [0, 0.1) is 6.92 Å².